The number of benzene rings is 2. The lowest BCUT2D eigenvalue weighted by molar-refractivity contribution is 0.0585. The highest BCUT2D eigenvalue weighted by Crippen LogP contribution is 2.25. The van der Waals surface area contributed by atoms with Gasteiger partial charge < -0.3 is 9.47 Å². The number of esters is 2. The lowest BCUT2D eigenvalue weighted by Crippen LogP contribution is -2.09. The summed E-state index contributed by atoms with van der Waals surface area (Å²) in [5, 5.41) is 0. The first-order chi connectivity index (χ1) is 11.1. The fourth-order valence-corrected chi connectivity index (χ4v) is 2.97. The van der Waals surface area contributed by atoms with Gasteiger partial charge in [0.15, 0.2) is 0 Å². The van der Waals surface area contributed by atoms with Crippen LogP contribution in [0.4, 0.5) is 0 Å². The van der Waals surface area contributed by atoms with Gasteiger partial charge in [-0.1, -0.05) is 18.2 Å². The van der Waals surface area contributed by atoms with Crippen LogP contribution in [-0.4, -0.2) is 32.4 Å². The third-order valence-corrected chi connectivity index (χ3v) is 4.34. The van der Waals surface area contributed by atoms with Crippen molar-refractivity contribution >= 4 is 23.7 Å². The zero-order chi connectivity index (χ0) is 16.8. The van der Waals surface area contributed by atoms with E-state index in [0.29, 0.717) is 17.5 Å². The summed E-state index contributed by atoms with van der Waals surface area (Å²) in [6.07, 6.45) is 2.54. The van der Waals surface area contributed by atoms with Crippen molar-refractivity contribution in [2.45, 2.75) is 11.3 Å². The molecule has 5 heteroatoms. The van der Waals surface area contributed by atoms with Gasteiger partial charge in [0.25, 0.3) is 0 Å². The summed E-state index contributed by atoms with van der Waals surface area (Å²) in [6.45, 7) is 0. The van der Waals surface area contributed by atoms with Gasteiger partial charge in [-0.25, -0.2) is 9.59 Å². The van der Waals surface area contributed by atoms with Crippen molar-refractivity contribution in [1.82, 2.24) is 0 Å². The topological polar surface area (TPSA) is 52.6 Å². The van der Waals surface area contributed by atoms with Crippen LogP contribution in [0.3, 0.4) is 0 Å². The predicted molar refractivity (Wildman–Crippen MR) is 90.2 cm³/mol. The molecule has 120 valence electrons. The van der Waals surface area contributed by atoms with E-state index in [1.807, 2.05) is 30.5 Å². The Bertz CT molecular complexity index is 725. The third kappa shape index (κ3) is 3.93. The zero-order valence-corrected chi connectivity index (χ0v) is 14.1. The SMILES string of the molecule is COC(=O)c1ccc(C(=O)OC)c(Cc2ccccc2SC)c1. The molecule has 23 heavy (non-hydrogen) atoms. The van der Waals surface area contributed by atoms with Crippen molar-refractivity contribution < 1.29 is 19.1 Å². The Morgan fingerprint density at radius 1 is 0.957 bits per heavy atom. The molecule has 0 spiro atoms. The zero-order valence-electron chi connectivity index (χ0n) is 13.3. The Kier molecular flexibility index (Phi) is 5.82. The van der Waals surface area contributed by atoms with E-state index in [1.165, 1.54) is 14.2 Å². The maximum atomic E-state index is 12.0. The second kappa shape index (κ2) is 7.83. The van der Waals surface area contributed by atoms with Gasteiger partial charge in [0.1, 0.15) is 0 Å². The van der Waals surface area contributed by atoms with E-state index in [9.17, 15) is 9.59 Å². The molecule has 0 aliphatic heterocycles. The van der Waals surface area contributed by atoms with E-state index >= 15 is 0 Å². The molecule has 0 saturated carbocycles. The number of methoxy groups -OCH3 is 2. The second-order valence-electron chi connectivity index (χ2n) is 4.84. The van der Waals surface area contributed by atoms with Crippen LogP contribution >= 0.6 is 11.8 Å². The molecular weight excluding hydrogens is 312 g/mol. The first-order valence-corrected chi connectivity index (χ1v) is 8.24. The van der Waals surface area contributed by atoms with Crippen LogP contribution in [0.25, 0.3) is 0 Å². The summed E-state index contributed by atoms with van der Waals surface area (Å²) < 4.78 is 9.59. The molecule has 0 aliphatic rings. The van der Waals surface area contributed by atoms with Gasteiger partial charge in [-0.2, -0.15) is 0 Å². The number of rotatable bonds is 5. The minimum absolute atomic E-state index is 0.414. The maximum absolute atomic E-state index is 12.0. The Morgan fingerprint density at radius 3 is 2.30 bits per heavy atom. The molecule has 0 radical (unpaired) electrons. The lowest BCUT2D eigenvalue weighted by atomic mass is 9.97. The minimum atomic E-state index is -0.430. The molecule has 0 heterocycles. The van der Waals surface area contributed by atoms with Crippen LogP contribution in [0.5, 0.6) is 0 Å². The number of hydrogen-bond donors (Lipinski definition) is 0. The molecule has 4 nitrogen and oxygen atoms in total. The summed E-state index contributed by atoms with van der Waals surface area (Å²) in [5.74, 6) is -0.848. The summed E-state index contributed by atoms with van der Waals surface area (Å²) in [5.41, 5.74) is 2.70. The largest absolute Gasteiger partial charge is 0.465 e. The maximum Gasteiger partial charge on any atom is 0.338 e. The van der Waals surface area contributed by atoms with Gasteiger partial charge >= 0.3 is 11.9 Å². The number of ether oxygens (including phenoxy) is 2. The summed E-state index contributed by atoms with van der Waals surface area (Å²) in [4.78, 5) is 24.9. The standard InChI is InChI=1S/C18H18O4S/c1-21-17(19)13-8-9-15(18(20)22-2)14(11-13)10-12-6-4-5-7-16(12)23-3/h4-9,11H,10H2,1-3H3. The van der Waals surface area contributed by atoms with E-state index in [4.69, 9.17) is 9.47 Å². The number of thioether (sulfide) groups is 1. The van der Waals surface area contributed by atoms with Crippen LogP contribution in [0.15, 0.2) is 47.4 Å². The normalized spacial score (nSPS) is 10.2. The average molecular weight is 330 g/mol. The predicted octanol–water partition coefficient (Wildman–Crippen LogP) is 3.57. The van der Waals surface area contributed by atoms with Crippen molar-refractivity contribution in [3.8, 4) is 0 Å². The highest BCUT2D eigenvalue weighted by atomic mass is 32.2. The molecular formula is C18H18O4S. The molecule has 0 amide bonds. The van der Waals surface area contributed by atoms with Gasteiger partial charge in [-0.3, -0.25) is 0 Å². The van der Waals surface area contributed by atoms with Crippen molar-refractivity contribution in [2.24, 2.45) is 0 Å². The first kappa shape index (κ1) is 17.1. The van der Waals surface area contributed by atoms with Crippen molar-refractivity contribution in [3.63, 3.8) is 0 Å². The van der Waals surface area contributed by atoms with Crippen molar-refractivity contribution in [2.75, 3.05) is 20.5 Å². The molecule has 0 bridgehead atoms. The summed E-state index contributed by atoms with van der Waals surface area (Å²) in [6, 6.07) is 12.8. The molecule has 2 aromatic rings. The monoisotopic (exact) mass is 330 g/mol. The van der Waals surface area contributed by atoms with E-state index in [1.54, 1.807) is 30.0 Å². The fourth-order valence-electron chi connectivity index (χ4n) is 2.35. The molecule has 2 aromatic carbocycles. The van der Waals surface area contributed by atoms with Gasteiger partial charge in [0.05, 0.1) is 25.3 Å². The average Bonchev–Trinajstić information content (AvgIpc) is 2.60. The quantitative estimate of drug-likeness (QED) is 0.619. The Morgan fingerprint density at radius 2 is 1.65 bits per heavy atom. The Hall–Kier alpha value is -2.27. The van der Waals surface area contributed by atoms with Crippen LogP contribution < -0.4 is 0 Å². The molecule has 0 unspecified atom stereocenters. The molecule has 0 aliphatic carbocycles. The van der Waals surface area contributed by atoms with Crippen LogP contribution in [0.2, 0.25) is 0 Å². The van der Waals surface area contributed by atoms with Crippen LogP contribution in [-0.2, 0) is 15.9 Å². The van der Waals surface area contributed by atoms with Gasteiger partial charge in [0.2, 0.25) is 0 Å². The smallest absolute Gasteiger partial charge is 0.338 e. The lowest BCUT2D eigenvalue weighted by Gasteiger charge is -2.12. The second-order valence-corrected chi connectivity index (χ2v) is 5.69. The number of hydrogen-bond acceptors (Lipinski definition) is 5. The van der Waals surface area contributed by atoms with Gasteiger partial charge in [-0.05, 0) is 48.1 Å². The molecule has 0 aromatic heterocycles. The number of carbonyl (C=O) groups is 2. The van der Waals surface area contributed by atoms with Crippen molar-refractivity contribution in [1.29, 1.82) is 0 Å². The Balaban J connectivity index is 2.48. The van der Waals surface area contributed by atoms with Crippen LogP contribution in [0, 0.1) is 0 Å². The fraction of sp³-hybridized carbons (Fsp3) is 0.222. The highest BCUT2D eigenvalue weighted by Gasteiger charge is 2.16. The van der Waals surface area contributed by atoms with E-state index in [0.717, 1.165) is 16.0 Å². The number of carbonyl (C=O) groups excluding carboxylic acids is 2. The molecule has 0 fully saturated rings. The highest BCUT2D eigenvalue weighted by molar-refractivity contribution is 7.98. The molecule has 0 atom stereocenters. The molecule has 2 rings (SSSR count). The van der Waals surface area contributed by atoms with E-state index in [2.05, 4.69) is 0 Å². The van der Waals surface area contributed by atoms with Crippen LogP contribution in [0.1, 0.15) is 31.8 Å². The summed E-state index contributed by atoms with van der Waals surface area (Å²) in [7, 11) is 2.68. The minimum Gasteiger partial charge on any atom is -0.465 e. The molecule has 0 saturated heterocycles. The van der Waals surface area contributed by atoms with E-state index < -0.39 is 11.9 Å². The van der Waals surface area contributed by atoms with Gasteiger partial charge in [0, 0.05) is 4.90 Å². The molecule has 0 N–H and O–H groups in total. The van der Waals surface area contributed by atoms with Crippen molar-refractivity contribution in [3.05, 3.63) is 64.7 Å². The third-order valence-electron chi connectivity index (χ3n) is 3.51. The first-order valence-electron chi connectivity index (χ1n) is 7.02. The summed E-state index contributed by atoms with van der Waals surface area (Å²) >= 11 is 1.64. The van der Waals surface area contributed by atoms with E-state index in [-0.39, 0.29) is 0 Å². The Labute approximate surface area is 139 Å². The van der Waals surface area contributed by atoms with Gasteiger partial charge in [-0.15, -0.1) is 11.8 Å².